The minimum Gasteiger partial charge on any atom is -0.491 e. The summed E-state index contributed by atoms with van der Waals surface area (Å²) >= 11 is 0. The summed E-state index contributed by atoms with van der Waals surface area (Å²) in [5.41, 5.74) is 1.09. The third-order valence-electron chi connectivity index (χ3n) is 4.08. The van der Waals surface area contributed by atoms with Crippen LogP contribution >= 0.6 is 0 Å². The monoisotopic (exact) mass is 265 g/mol. The van der Waals surface area contributed by atoms with Crippen molar-refractivity contribution in [1.29, 1.82) is 0 Å². The van der Waals surface area contributed by atoms with Crippen molar-refractivity contribution >= 4 is 0 Å². The van der Waals surface area contributed by atoms with E-state index >= 15 is 0 Å². The lowest BCUT2D eigenvalue weighted by Gasteiger charge is -2.28. The Bertz CT molecular complexity index is 400. The number of nitrogens with one attached hydrogen (secondary N) is 1. The summed E-state index contributed by atoms with van der Waals surface area (Å²) in [6.45, 7) is 2.37. The molecule has 2 rings (SSSR count). The second kappa shape index (κ2) is 6.90. The van der Waals surface area contributed by atoms with E-state index in [2.05, 4.69) is 5.32 Å². The molecule has 1 aromatic carbocycles. The molecule has 1 aromatic rings. The first-order valence-electron chi connectivity index (χ1n) is 7.31. The predicted molar refractivity (Wildman–Crippen MR) is 76.1 cm³/mol. The molecule has 1 fully saturated rings. The lowest BCUT2D eigenvalue weighted by atomic mass is 9.82. The van der Waals surface area contributed by atoms with Crippen molar-refractivity contribution in [3.05, 3.63) is 29.6 Å². The van der Waals surface area contributed by atoms with Gasteiger partial charge < -0.3 is 10.1 Å². The molecule has 1 aliphatic rings. The van der Waals surface area contributed by atoms with Crippen LogP contribution in [-0.2, 0) is 6.42 Å². The highest BCUT2D eigenvalue weighted by Gasteiger charge is 2.20. The lowest BCUT2D eigenvalue weighted by Crippen LogP contribution is -2.30. The Hall–Kier alpha value is -1.09. The number of ether oxygens (including phenoxy) is 1. The van der Waals surface area contributed by atoms with E-state index in [9.17, 15) is 4.39 Å². The molecule has 3 heteroatoms. The lowest BCUT2D eigenvalue weighted by molar-refractivity contribution is 0.299. The van der Waals surface area contributed by atoms with Crippen LogP contribution in [0.25, 0.3) is 0 Å². The topological polar surface area (TPSA) is 21.3 Å². The zero-order valence-electron chi connectivity index (χ0n) is 11.9. The van der Waals surface area contributed by atoms with Crippen LogP contribution in [0.15, 0.2) is 18.2 Å². The summed E-state index contributed by atoms with van der Waals surface area (Å²) in [7, 11) is 2.03. The molecule has 0 bridgehead atoms. The van der Waals surface area contributed by atoms with E-state index in [1.807, 2.05) is 20.0 Å². The first-order chi connectivity index (χ1) is 9.22. The van der Waals surface area contributed by atoms with Crippen LogP contribution in [0.1, 0.15) is 38.2 Å². The molecular formula is C16H24FNO. The highest BCUT2D eigenvalue weighted by molar-refractivity contribution is 5.29. The molecule has 0 atom stereocenters. The van der Waals surface area contributed by atoms with Crippen LogP contribution in [0.3, 0.4) is 0 Å². The Morgan fingerprint density at radius 2 is 2.00 bits per heavy atom. The predicted octanol–water partition coefficient (Wildman–Crippen LogP) is 3.55. The van der Waals surface area contributed by atoms with Gasteiger partial charge in [-0.3, -0.25) is 0 Å². The Morgan fingerprint density at radius 1 is 1.26 bits per heavy atom. The smallest absolute Gasteiger partial charge is 0.165 e. The van der Waals surface area contributed by atoms with Crippen LogP contribution < -0.4 is 10.1 Å². The van der Waals surface area contributed by atoms with E-state index in [0.29, 0.717) is 24.3 Å². The number of hydrogen-bond acceptors (Lipinski definition) is 2. The largest absolute Gasteiger partial charge is 0.491 e. The molecule has 0 amide bonds. The first-order valence-corrected chi connectivity index (χ1v) is 7.31. The summed E-state index contributed by atoms with van der Waals surface area (Å²) in [6, 6.07) is 6.06. The van der Waals surface area contributed by atoms with Crippen LogP contribution in [0, 0.1) is 11.7 Å². The summed E-state index contributed by atoms with van der Waals surface area (Å²) in [6.07, 6.45) is 5.93. The molecule has 0 aliphatic heterocycles. The zero-order chi connectivity index (χ0) is 13.7. The Kier molecular flexibility index (Phi) is 5.20. The van der Waals surface area contributed by atoms with E-state index in [1.54, 1.807) is 12.1 Å². The summed E-state index contributed by atoms with van der Waals surface area (Å²) in [5.74, 6) is 0.829. The molecule has 0 heterocycles. The van der Waals surface area contributed by atoms with E-state index in [0.717, 1.165) is 12.0 Å². The van der Waals surface area contributed by atoms with Crippen molar-refractivity contribution in [2.24, 2.45) is 5.92 Å². The van der Waals surface area contributed by atoms with Gasteiger partial charge >= 0.3 is 0 Å². The van der Waals surface area contributed by atoms with Gasteiger partial charge in [0.2, 0.25) is 0 Å². The molecule has 0 unspecified atom stereocenters. The first kappa shape index (κ1) is 14.3. The Balaban J connectivity index is 1.91. The van der Waals surface area contributed by atoms with E-state index < -0.39 is 0 Å². The number of benzene rings is 1. The zero-order valence-corrected chi connectivity index (χ0v) is 11.9. The summed E-state index contributed by atoms with van der Waals surface area (Å²) < 4.78 is 19.0. The molecule has 106 valence electrons. The van der Waals surface area contributed by atoms with Crippen LogP contribution in [0.5, 0.6) is 5.75 Å². The molecule has 1 aliphatic carbocycles. The minimum absolute atomic E-state index is 0.233. The number of rotatable bonds is 5. The van der Waals surface area contributed by atoms with Crippen molar-refractivity contribution in [3.63, 3.8) is 0 Å². The van der Waals surface area contributed by atoms with E-state index in [4.69, 9.17) is 4.74 Å². The number of hydrogen-bond donors (Lipinski definition) is 1. The molecule has 0 saturated heterocycles. The Morgan fingerprint density at radius 3 is 2.58 bits per heavy atom. The number of halogens is 1. The van der Waals surface area contributed by atoms with Crippen molar-refractivity contribution in [1.82, 2.24) is 5.32 Å². The van der Waals surface area contributed by atoms with Gasteiger partial charge in [-0.15, -0.1) is 0 Å². The minimum atomic E-state index is -0.233. The van der Waals surface area contributed by atoms with Gasteiger partial charge in [0.1, 0.15) is 0 Å². The fourth-order valence-corrected chi connectivity index (χ4v) is 2.93. The van der Waals surface area contributed by atoms with Gasteiger partial charge in [-0.05, 0) is 69.7 Å². The summed E-state index contributed by atoms with van der Waals surface area (Å²) in [4.78, 5) is 0. The Labute approximate surface area is 115 Å². The second-order valence-electron chi connectivity index (χ2n) is 5.41. The van der Waals surface area contributed by atoms with Gasteiger partial charge in [0.05, 0.1) is 6.61 Å². The maximum Gasteiger partial charge on any atom is 0.165 e. The SMILES string of the molecule is CCOc1ccc(CC2CCC(NC)CC2)cc1F. The average molecular weight is 265 g/mol. The highest BCUT2D eigenvalue weighted by Crippen LogP contribution is 2.28. The molecule has 1 saturated carbocycles. The maximum atomic E-state index is 13.8. The van der Waals surface area contributed by atoms with E-state index in [1.165, 1.54) is 25.7 Å². The van der Waals surface area contributed by atoms with Gasteiger partial charge in [0, 0.05) is 6.04 Å². The third kappa shape index (κ3) is 3.93. The molecule has 0 aromatic heterocycles. The highest BCUT2D eigenvalue weighted by atomic mass is 19.1. The molecule has 0 spiro atoms. The fourth-order valence-electron chi connectivity index (χ4n) is 2.93. The van der Waals surface area contributed by atoms with Gasteiger partial charge in [0.15, 0.2) is 11.6 Å². The van der Waals surface area contributed by atoms with Crippen LogP contribution in [0.4, 0.5) is 4.39 Å². The quantitative estimate of drug-likeness (QED) is 0.879. The van der Waals surface area contributed by atoms with Crippen molar-refractivity contribution in [3.8, 4) is 5.75 Å². The van der Waals surface area contributed by atoms with Crippen molar-refractivity contribution in [2.45, 2.75) is 45.1 Å². The standard InChI is InChI=1S/C16H24FNO/c1-3-19-16-9-6-13(11-15(16)17)10-12-4-7-14(18-2)8-5-12/h6,9,11-12,14,18H,3-5,7-8,10H2,1-2H3. The van der Waals surface area contributed by atoms with Crippen LogP contribution in [-0.4, -0.2) is 19.7 Å². The summed E-state index contributed by atoms with van der Waals surface area (Å²) in [5, 5.41) is 3.34. The molecule has 1 N–H and O–H groups in total. The third-order valence-corrected chi connectivity index (χ3v) is 4.08. The molecule has 0 radical (unpaired) electrons. The van der Waals surface area contributed by atoms with Crippen molar-refractivity contribution in [2.75, 3.05) is 13.7 Å². The van der Waals surface area contributed by atoms with Gasteiger partial charge in [-0.2, -0.15) is 0 Å². The van der Waals surface area contributed by atoms with Crippen LogP contribution in [0.2, 0.25) is 0 Å². The normalized spacial score (nSPS) is 23.3. The molecular weight excluding hydrogens is 241 g/mol. The second-order valence-corrected chi connectivity index (χ2v) is 5.41. The molecule has 19 heavy (non-hydrogen) atoms. The van der Waals surface area contributed by atoms with E-state index in [-0.39, 0.29) is 5.82 Å². The van der Waals surface area contributed by atoms with Gasteiger partial charge in [0.25, 0.3) is 0 Å². The molecule has 2 nitrogen and oxygen atoms in total. The fraction of sp³-hybridized carbons (Fsp3) is 0.625. The maximum absolute atomic E-state index is 13.8. The van der Waals surface area contributed by atoms with Gasteiger partial charge in [-0.1, -0.05) is 6.07 Å². The average Bonchev–Trinajstić information content (AvgIpc) is 2.43. The van der Waals surface area contributed by atoms with Crippen molar-refractivity contribution < 1.29 is 9.13 Å². The van der Waals surface area contributed by atoms with Gasteiger partial charge in [-0.25, -0.2) is 4.39 Å².